The molecule has 2 aliphatic rings. The van der Waals surface area contributed by atoms with Crippen LogP contribution in [0.4, 0.5) is 14.0 Å². The van der Waals surface area contributed by atoms with Crippen LogP contribution in [0.15, 0.2) is 21.9 Å². The van der Waals surface area contributed by atoms with E-state index in [0.29, 0.717) is 9.13 Å². The van der Waals surface area contributed by atoms with Crippen LogP contribution in [0.3, 0.4) is 0 Å². The van der Waals surface area contributed by atoms with E-state index < -0.39 is 99.5 Å². The Morgan fingerprint density at radius 1 is 1.02 bits per heavy atom. The highest BCUT2D eigenvalue weighted by atomic mass is 31.2. The van der Waals surface area contributed by atoms with Gasteiger partial charge in [-0.3, -0.25) is 18.7 Å². The van der Waals surface area contributed by atoms with Crippen LogP contribution in [0.5, 0.6) is 0 Å². The average molecular weight is 702 g/mol. The summed E-state index contributed by atoms with van der Waals surface area (Å²) in [6, 6.07) is -0.208. The summed E-state index contributed by atoms with van der Waals surface area (Å²) in [5, 5.41) is 22.5. The minimum absolute atomic E-state index is 0.0770. The molecular formula is C25H37FN3O17P. The molecule has 1 aliphatic heterocycles. The van der Waals surface area contributed by atoms with Crippen LogP contribution in [0.1, 0.15) is 40.8 Å². The van der Waals surface area contributed by atoms with Crippen LogP contribution < -0.4 is 17.0 Å². The Bertz CT molecular complexity index is 1450. The summed E-state index contributed by atoms with van der Waals surface area (Å²) >= 11 is 0. The summed E-state index contributed by atoms with van der Waals surface area (Å²) in [5.41, 5.74) is -4.35. The first-order valence-electron chi connectivity index (χ1n) is 14.1. The molecular weight excluding hydrogens is 664 g/mol. The number of rotatable bonds is 16. The molecule has 1 aliphatic carbocycles. The summed E-state index contributed by atoms with van der Waals surface area (Å²) in [6.45, 7) is 2.74. The number of carbonyl (C=O) groups is 3. The zero-order chi connectivity index (χ0) is 35.4. The topological polar surface area (TPSA) is 262 Å². The number of hydrogen-bond donors (Lipinski definition) is 3. The summed E-state index contributed by atoms with van der Waals surface area (Å²) in [6.07, 6.45) is -5.90. The molecule has 2 heterocycles. The van der Waals surface area contributed by atoms with Crippen molar-refractivity contribution >= 4 is 26.1 Å². The number of carbonyl (C=O) groups excluding carboxylic acids is 3. The number of ether oxygens (including phenoxy) is 6. The number of aliphatic hydroxyl groups is 2. The van der Waals surface area contributed by atoms with E-state index in [1.807, 2.05) is 0 Å². The monoisotopic (exact) mass is 701 g/mol. The number of alkyl halides is 1. The number of esters is 1. The molecule has 20 nitrogen and oxygen atoms in total. The van der Waals surface area contributed by atoms with Crippen molar-refractivity contribution in [2.24, 2.45) is 11.7 Å². The third-order valence-electron chi connectivity index (χ3n) is 7.32. The highest BCUT2D eigenvalue weighted by Gasteiger charge is 2.93. The SMILES string of the molecule is CCOC(=O)OCOP(=O)(OCOC(=O)OCC)OC[C@@]12O[C@@H](n3ccc(=O)n(COC(=O)C(N)C(C)C)c3=O)[C@](C)(O)[C@@]1(O)C2F. The van der Waals surface area contributed by atoms with E-state index in [9.17, 15) is 38.8 Å². The van der Waals surface area contributed by atoms with Gasteiger partial charge >= 0.3 is 31.8 Å². The van der Waals surface area contributed by atoms with E-state index in [0.717, 1.165) is 19.2 Å². The predicted octanol–water partition coefficient (Wildman–Crippen LogP) is 0.0145. The van der Waals surface area contributed by atoms with Crippen molar-refractivity contribution in [1.29, 1.82) is 0 Å². The van der Waals surface area contributed by atoms with Crippen molar-refractivity contribution in [3.8, 4) is 0 Å². The Morgan fingerprint density at radius 2 is 1.57 bits per heavy atom. The van der Waals surface area contributed by atoms with Gasteiger partial charge in [-0.1, -0.05) is 13.8 Å². The maximum Gasteiger partial charge on any atom is 0.510 e. The first-order chi connectivity index (χ1) is 21.9. The van der Waals surface area contributed by atoms with Crippen LogP contribution in [0, 0.1) is 5.92 Å². The fourth-order valence-corrected chi connectivity index (χ4v) is 5.47. The summed E-state index contributed by atoms with van der Waals surface area (Å²) in [4.78, 5) is 60.8. The van der Waals surface area contributed by atoms with Crippen LogP contribution in [0.2, 0.25) is 0 Å². The van der Waals surface area contributed by atoms with Crippen LogP contribution >= 0.6 is 7.82 Å². The van der Waals surface area contributed by atoms with Crippen LogP contribution in [-0.2, 0) is 58.1 Å². The highest BCUT2D eigenvalue weighted by molar-refractivity contribution is 7.48. The first kappa shape index (κ1) is 38.0. The highest BCUT2D eigenvalue weighted by Crippen LogP contribution is 2.69. The Labute approximate surface area is 265 Å². The number of fused-ring (bicyclic) bond motifs is 1. The average Bonchev–Trinajstić information content (AvgIpc) is 3.40. The van der Waals surface area contributed by atoms with E-state index in [2.05, 4.69) is 18.9 Å². The molecule has 0 bridgehead atoms. The Kier molecular flexibility index (Phi) is 11.9. The number of halogens is 1. The fraction of sp³-hybridized carbons (Fsp3) is 0.720. The number of aromatic nitrogens is 2. The van der Waals surface area contributed by atoms with E-state index in [1.165, 1.54) is 13.8 Å². The van der Waals surface area contributed by atoms with E-state index in [-0.39, 0.29) is 19.1 Å². The summed E-state index contributed by atoms with van der Waals surface area (Å²) in [5.74, 6) is -1.23. The molecule has 266 valence electrons. The molecule has 22 heteroatoms. The molecule has 2 unspecified atom stereocenters. The Balaban J connectivity index is 1.83. The second-order valence-electron chi connectivity index (χ2n) is 10.6. The lowest BCUT2D eigenvalue weighted by Crippen LogP contribution is -2.52. The molecule has 4 N–H and O–H groups in total. The van der Waals surface area contributed by atoms with E-state index in [1.54, 1.807) is 13.8 Å². The molecule has 2 fully saturated rings. The van der Waals surface area contributed by atoms with Crippen LogP contribution in [0.25, 0.3) is 0 Å². The largest absolute Gasteiger partial charge is 0.510 e. The zero-order valence-electron chi connectivity index (χ0n) is 26.0. The Hall–Kier alpha value is -3.43. The molecule has 6 atom stereocenters. The van der Waals surface area contributed by atoms with Crippen molar-refractivity contribution in [2.45, 2.75) is 76.6 Å². The predicted molar refractivity (Wildman–Crippen MR) is 149 cm³/mol. The van der Waals surface area contributed by atoms with E-state index in [4.69, 9.17) is 28.8 Å². The van der Waals surface area contributed by atoms with Gasteiger partial charge in [0.1, 0.15) is 11.6 Å². The minimum atomic E-state index is -4.96. The molecule has 47 heavy (non-hydrogen) atoms. The normalized spacial score (nSPS) is 27.1. The first-order valence-corrected chi connectivity index (χ1v) is 15.5. The lowest BCUT2D eigenvalue weighted by molar-refractivity contribution is -0.161. The number of phosphoric ester groups is 1. The quantitative estimate of drug-likeness (QED) is 0.0887. The van der Waals surface area contributed by atoms with Gasteiger partial charge in [0.2, 0.25) is 13.6 Å². The summed E-state index contributed by atoms with van der Waals surface area (Å²) in [7, 11) is -4.96. The molecule has 0 amide bonds. The van der Waals surface area contributed by atoms with Gasteiger partial charge in [0.15, 0.2) is 30.3 Å². The second-order valence-corrected chi connectivity index (χ2v) is 12.3. The third kappa shape index (κ3) is 7.51. The standard InChI is InChI=1S/C25H37FN3O17P/c1-6-38-21(33)41-12-44-47(37,45-13-42-22(34)39-7-2)43-10-24-18(26)25(24,36)23(5,35)19(46-24)28-9-8-15(30)29(20(28)32)11-40-17(31)16(27)14(3)4/h8-9,14,16,18-19,35-36H,6-7,10-13,27H2,1-5H3/t16?,18?,19-,23+,24+,25+/m1/s1. The van der Waals surface area contributed by atoms with Gasteiger partial charge in [0.25, 0.3) is 5.56 Å². The third-order valence-corrected chi connectivity index (χ3v) is 8.61. The lowest BCUT2D eigenvalue weighted by atomic mass is 9.94. The van der Waals surface area contributed by atoms with Gasteiger partial charge in [-0.05, 0) is 26.7 Å². The van der Waals surface area contributed by atoms with Gasteiger partial charge in [-0.2, -0.15) is 0 Å². The van der Waals surface area contributed by atoms with Crippen molar-refractivity contribution < 1.29 is 75.5 Å². The molecule has 1 aromatic heterocycles. The fourth-order valence-electron chi connectivity index (χ4n) is 4.54. The molecule has 0 spiro atoms. The van der Waals surface area contributed by atoms with Crippen molar-refractivity contribution in [3.05, 3.63) is 33.1 Å². The molecule has 0 radical (unpaired) electrons. The van der Waals surface area contributed by atoms with Gasteiger partial charge in [0.05, 0.1) is 19.8 Å². The van der Waals surface area contributed by atoms with Crippen molar-refractivity contribution in [3.63, 3.8) is 0 Å². The number of hydrogen-bond acceptors (Lipinski definition) is 18. The summed E-state index contributed by atoms with van der Waals surface area (Å²) < 4.78 is 73.3. The minimum Gasteiger partial charge on any atom is -0.442 e. The number of phosphoric acid groups is 1. The Morgan fingerprint density at radius 3 is 2.09 bits per heavy atom. The van der Waals surface area contributed by atoms with Crippen LogP contribution in [-0.4, -0.2) is 100 Å². The van der Waals surface area contributed by atoms with Gasteiger partial charge < -0.3 is 44.4 Å². The molecule has 0 aromatic carbocycles. The van der Waals surface area contributed by atoms with E-state index >= 15 is 4.39 Å². The van der Waals surface area contributed by atoms with Crippen molar-refractivity contribution in [2.75, 3.05) is 33.4 Å². The molecule has 1 saturated carbocycles. The maximum atomic E-state index is 15.3. The molecule has 1 saturated heterocycles. The van der Waals surface area contributed by atoms with Crippen molar-refractivity contribution in [1.82, 2.24) is 9.13 Å². The zero-order valence-corrected chi connectivity index (χ0v) is 26.9. The molecule has 1 aromatic rings. The maximum absolute atomic E-state index is 15.3. The van der Waals surface area contributed by atoms with Gasteiger partial charge in [-0.15, -0.1) is 0 Å². The number of nitrogens with two attached hydrogens (primary N) is 1. The number of nitrogens with zero attached hydrogens (tertiary/aromatic N) is 2. The lowest BCUT2D eigenvalue weighted by Gasteiger charge is -2.32. The smallest absolute Gasteiger partial charge is 0.442 e. The van der Waals surface area contributed by atoms with Gasteiger partial charge in [0, 0.05) is 12.3 Å². The second kappa shape index (κ2) is 14.8. The van der Waals surface area contributed by atoms with Gasteiger partial charge in [-0.25, -0.2) is 37.0 Å². The molecule has 3 rings (SSSR count).